The normalized spacial score (nSPS) is 24.3. The molecule has 0 radical (unpaired) electrons. The molecule has 0 aromatic carbocycles. The second-order valence-electron chi connectivity index (χ2n) is 6.91. The van der Waals surface area contributed by atoms with Crippen molar-refractivity contribution in [2.24, 2.45) is 5.41 Å². The smallest absolute Gasteiger partial charge is 0.0558 e. The molecule has 0 spiro atoms. The highest BCUT2D eigenvalue weighted by Crippen LogP contribution is 2.29. The first kappa shape index (κ1) is 16.9. The van der Waals surface area contributed by atoms with Crippen LogP contribution in [0.3, 0.4) is 0 Å². The number of hydrogen-bond donors (Lipinski definition) is 2. The van der Waals surface area contributed by atoms with E-state index in [4.69, 9.17) is 4.74 Å². The monoisotopic (exact) mass is 272 g/mol. The lowest BCUT2D eigenvalue weighted by Crippen LogP contribution is -2.49. The highest BCUT2D eigenvalue weighted by molar-refractivity contribution is 4.90. The third-order valence-corrected chi connectivity index (χ3v) is 3.69. The van der Waals surface area contributed by atoms with Gasteiger partial charge in [0, 0.05) is 37.2 Å². The number of ether oxygens (including phenoxy) is 1. The number of rotatable bonds is 8. The molecule has 1 aliphatic rings. The molecule has 1 unspecified atom stereocenters. The van der Waals surface area contributed by atoms with Crippen LogP contribution in [0.25, 0.3) is 0 Å². The maximum atomic E-state index is 9.19. The van der Waals surface area contributed by atoms with Crippen molar-refractivity contribution in [1.29, 1.82) is 0 Å². The predicted octanol–water partition coefficient (Wildman–Crippen LogP) is 1.49. The van der Waals surface area contributed by atoms with Crippen LogP contribution in [-0.4, -0.2) is 61.5 Å². The first-order chi connectivity index (χ1) is 8.91. The third-order valence-electron chi connectivity index (χ3n) is 3.69. The second kappa shape index (κ2) is 7.58. The van der Waals surface area contributed by atoms with Crippen molar-refractivity contribution in [2.75, 3.05) is 46.0 Å². The van der Waals surface area contributed by atoms with Gasteiger partial charge in [-0.25, -0.2) is 0 Å². The Morgan fingerprint density at radius 3 is 2.53 bits per heavy atom. The molecule has 1 atom stereocenters. The zero-order valence-corrected chi connectivity index (χ0v) is 13.2. The van der Waals surface area contributed by atoms with E-state index in [9.17, 15) is 5.11 Å². The van der Waals surface area contributed by atoms with Gasteiger partial charge in [-0.2, -0.15) is 0 Å². The lowest BCUT2D eigenvalue weighted by atomic mass is 9.85. The summed E-state index contributed by atoms with van der Waals surface area (Å²) in [5, 5.41) is 12.8. The highest BCUT2D eigenvalue weighted by atomic mass is 16.5. The molecule has 4 nitrogen and oxygen atoms in total. The first-order valence-corrected chi connectivity index (χ1v) is 7.57. The van der Waals surface area contributed by atoms with Gasteiger partial charge >= 0.3 is 0 Å². The predicted molar refractivity (Wildman–Crippen MR) is 79.4 cm³/mol. The minimum atomic E-state index is 0.141. The number of nitrogens with one attached hydrogen (secondary N) is 1. The van der Waals surface area contributed by atoms with Crippen LogP contribution in [0.5, 0.6) is 0 Å². The van der Waals surface area contributed by atoms with E-state index < -0.39 is 0 Å². The average molecular weight is 272 g/mol. The van der Waals surface area contributed by atoms with Gasteiger partial charge in [0.2, 0.25) is 0 Å². The Bertz CT molecular complexity index is 239. The van der Waals surface area contributed by atoms with Crippen molar-refractivity contribution in [3.8, 4) is 0 Å². The molecular formula is C15H32N2O2. The van der Waals surface area contributed by atoms with E-state index in [0.717, 1.165) is 52.2 Å². The Morgan fingerprint density at radius 2 is 2.05 bits per heavy atom. The molecule has 1 fully saturated rings. The Morgan fingerprint density at radius 1 is 1.32 bits per heavy atom. The van der Waals surface area contributed by atoms with Gasteiger partial charge in [-0.1, -0.05) is 6.92 Å². The van der Waals surface area contributed by atoms with Crippen molar-refractivity contribution in [3.63, 3.8) is 0 Å². The van der Waals surface area contributed by atoms with Crippen LogP contribution in [0.1, 0.15) is 40.5 Å². The van der Waals surface area contributed by atoms with Crippen LogP contribution < -0.4 is 5.32 Å². The van der Waals surface area contributed by atoms with Crippen LogP contribution in [0.15, 0.2) is 0 Å². The van der Waals surface area contributed by atoms with Gasteiger partial charge in [0.1, 0.15) is 0 Å². The number of aliphatic hydroxyl groups is 1. The molecule has 0 aliphatic carbocycles. The van der Waals surface area contributed by atoms with Gasteiger partial charge in [-0.3, -0.25) is 0 Å². The third kappa shape index (κ3) is 6.21. The fraction of sp³-hybridized carbons (Fsp3) is 1.00. The molecule has 0 bridgehead atoms. The lowest BCUT2D eigenvalue weighted by molar-refractivity contribution is 0.0920. The van der Waals surface area contributed by atoms with Crippen molar-refractivity contribution in [2.45, 2.75) is 46.1 Å². The van der Waals surface area contributed by atoms with E-state index in [1.165, 1.54) is 0 Å². The summed E-state index contributed by atoms with van der Waals surface area (Å²) in [6, 6.07) is 0. The first-order valence-electron chi connectivity index (χ1n) is 7.57. The fourth-order valence-corrected chi connectivity index (χ4v) is 2.62. The summed E-state index contributed by atoms with van der Waals surface area (Å²) in [6.45, 7) is 14.6. The Kier molecular flexibility index (Phi) is 6.74. The Balaban J connectivity index is 2.59. The van der Waals surface area contributed by atoms with Gasteiger partial charge in [-0.15, -0.1) is 0 Å². The largest absolute Gasteiger partial charge is 0.395 e. The molecule has 0 aromatic heterocycles. The fourth-order valence-electron chi connectivity index (χ4n) is 2.62. The molecule has 19 heavy (non-hydrogen) atoms. The second-order valence-corrected chi connectivity index (χ2v) is 6.91. The Labute approximate surface area is 118 Å². The zero-order valence-electron chi connectivity index (χ0n) is 13.2. The van der Waals surface area contributed by atoms with Crippen molar-refractivity contribution < 1.29 is 9.84 Å². The summed E-state index contributed by atoms with van der Waals surface area (Å²) in [5.41, 5.74) is 0.347. The summed E-state index contributed by atoms with van der Waals surface area (Å²) in [7, 11) is 0. The van der Waals surface area contributed by atoms with Gasteiger partial charge in [-0.05, 0) is 40.2 Å². The minimum absolute atomic E-state index is 0.141. The number of hydrogen-bond acceptors (Lipinski definition) is 4. The molecule has 0 amide bonds. The molecule has 4 heteroatoms. The summed E-state index contributed by atoms with van der Waals surface area (Å²) >= 11 is 0. The summed E-state index contributed by atoms with van der Waals surface area (Å²) in [5.74, 6) is 0. The molecule has 0 saturated carbocycles. The maximum absolute atomic E-state index is 9.19. The standard InChI is InChI=1S/C15H32N2O2/c1-5-7-17(8-9-18)12-15(6-10-19-13-15)11-16-14(2,3)4/h16,18H,5-13H2,1-4H3. The van der Waals surface area contributed by atoms with E-state index in [1.54, 1.807) is 0 Å². The maximum Gasteiger partial charge on any atom is 0.0558 e. The molecule has 114 valence electrons. The lowest BCUT2D eigenvalue weighted by Gasteiger charge is -2.36. The van der Waals surface area contributed by atoms with Crippen LogP contribution in [0, 0.1) is 5.41 Å². The van der Waals surface area contributed by atoms with Crippen LogP contribution in [0.4, 0.5) is 0 Å². The van der Waals surface area contributed by atoms with E-state index in [0.29, 0.717) is 0 Å². The SMILES string of the molecule is CCCN(CCO)CC1(CNC(C)(C)C)CCOC1. The van der Waals surface area contributed by atoms with E-state index >= 15 is 0 Å². The molecule has 1 rings (SSSR count). The van der Waals surface area contributed by atoms with Gasteiger partial charge < -0.3 is 20.1 Å². The molecule has 0 aromatic rings. The highest BCUT2D eigenvalue weighted by Gasteiger charge is 2.37. The molecular weight excluding hydrogens is 240 g/mol. The minimum Gasteiger partial charge on any atom is -0.395 e. The van der Waals surface area contributed by atoms with Crippen molar-refractivity contribution >= 4 is 0 Å². The average Bonchev–Trinajstić information content (AvgIpc) is 2.76. The molecule has 1 heterocycles. The van der Waals surface area contributed by atoms with Gasteiger partial charge in [0.05, 0.1) is 13.2 Å². The molecule has 1 aliphatic heterocycles. The van der Waals surface area contributed by atoms with E-state index in [1.807, 2.05) is 0 Å². The summed E-state index contributed by atoms with van der Waals surface area (Å²) in [4.78, 5) is 2.37. The van der Waals surface area contributed by atoms with Crippen LogP contribution in [-0.2, 0) is 4.74 Å². The van der Waals surface area contributed by atoms with E-state index in [-0.39, 0.29) is 17.6 Å². The molecule has 2 N–H and O–H groups in total. The topological polar surface area (TPSA) is 44.7 Å². The summed E-state index contributed by atoms with van der Waals surface area (Å²) < 4.78 is 5.65. The van der Waals surface area contributed by atoms with Crippen LogP contribution >= 0.6 is 0 Å². The Hall–Kier alpha value is -0.160. The van der Waals surface area contributed by atoms with Crippen LogP contribution in [0.2, 0.25) is 0 Å². The van der Waals surface area contributed by atoms with Crippen molar-refractivity contribution in [3.05, 3.63) is 0 Å². The summed E-state index contributed by atoms with van der Waals surface area (Å²) in [6.07, 6.45) is 2.24. The van der Waals surface area contributed by atoms with E-state index in [2.05, 4.69) is 37.9 Å². The van der Waals surface area contributed by atoms with Crippen molar-refractivity contribution in [1.82, 2.24) is 10.2 Å². The number of nitrogens with zero attached hydrogens (tertiary/aromatic N) is 1. The number of aliphatic hydroxyl groups excluding tert-OH is 1. The van der Waals surface area contributed by atoms with Gasteiger partial charge in [0.15, 0.2) is 0 Å². The molecule has 1 saturated heterocycles. The zero-order chi connectivity index (χ0) is 14.4. The quantitative estimate of drug-likeness (QED) is 0.702. The van der Waals surface area contributed by atoms with Gasteiger partial charge in [0.25, 0.3) is 0 Å².